The first-order valence-electron chi connectivity index (χ1n) is 10.5. The summed E-state index contributed by atoms with van der Waals surface area (Å²) in [4.78, 5) is 59.9. The number of thioether (sulfide) groups is 2. The van der Waals surface area contributed by atoms with Crippen molar-refractivity contribution in [1.82, 2.24) is 13.7 Å². The lowest BCUT2D eigenvalue weighted by Crippen LogP contribution is -2.54. The van der Waals surface area contributed by atoms with E-state index in [1.54, 1.807) is 6.92 Å². The Morgan fingerprint density at radius 1 is 0.941 bits per heavy atom. The summed E-state index contributed by atoms with van der Waals surface area (Å²) in [5.74, 6) is 0.338. The van der Waals surface area contributed by atoms with E-state index >= 15 is 0 Å². The van der Waals surface area contributed by atoms with Crippen LogP contribution in [0.5, 0.6) is 0 Å². The molecular formula is C20H31N3O9S2. The number of aromatic nitrogens is 3. The van der Waals surface area contributed by atoms with Gasteiger partial charge in [0.15, 0.2) is 0 Å². The number of carbonyl (C=O) groups is 2. The van der Waals surface area contributed by atoms with Gasteiger partial charge in [-0.05, 0) is 6.42 Å². The van der Waals surface area contributed by atoms with Crippen molar-refractivity contribution in [3.8, 4) is 0 Å². The van der Waals surface area contributed by atoms with Crippen molar-refractivity contribution < 1.29 is 29.3 Å². The van der Waals surface area contributed by atoms with E-state index in [9.17, 15) is 34.2 Å². The standard InChI is InChI=1S/C20H31N3O9S2/c1-4-6-22-18(28)21(3)19(29)23(20(22)30)9-15(25)11-32-17(27)13-34-8-7-33-12-16(26)31-10-14(24)5-2/h4,14-15,24-25H,1,5-13H2,2-3H3. The molecule has 2 atom stereocenters. The van der Waals surface area contributed by atoms with Gasteiger partial charge in [0, 0.05) is 18.6 Å². The molecule has 0 spiro atoms. The Bertz CT molecular complexity index is 1000. The molecule has 0 amide bonds. The molecule has 0 aromatic carbocycles. The normalized spacial score (nSPS) is 12.7. The van der Waals surface area contributed by atoms with Gasteiger partial charge >= 0.3 is 29.0 Å². The lowest BCUT2D eigenvalue weighted by Gasteiger charge is -2.14. The number of carbonyl (C=O) groups excluding carboxylic acids is 2. The molecule has 12 nitrogen and oxygen atoms in total. The van der Waals surface area contributed by atoms with Crippen LogP contribution in [0.2, 0.25) is 0 Å². The average molecular weight is 522 g/mol. The number of rotatable bonds is 16. The van der Waals surface area contributed by atoms with Crippen LogP contribution in [0, 0.1) is 0 Å². The fourth-order valence-electron chi connectivity index (χ4n) is 2.47. The zero-order valence-electron chi connectivity index (χ0n) is 19.2. The van der Waals surface area contributed by atoms with E-state index in [0.29, 0.717) is 22.5 Å². The predicted octanol–water partition coefficient (Wildman–Crippen LogP) is -1.42. The van der Waals surface area contributed by atoms with E-state index in [4.69, 9.17) is 9.47 Å². The van der Waals surface area contributed by atoms with Crippen LogP contribution in [0.1, 0.15) is 13.3 Å². The van der Waals surface area contributed by atoms with E-state index in [2.05, 4.69) is 6.58 Å². The Labute approximate surface area is 204 Å². The summed E-state index contributed by atoms with van der Waals surface area (Å²) in [6.45, 7) is 4.24. The van der Waals surface area contributed by atoms with Gasteiger partial charge in [0.25, 0.3) is 0 Å². The topological polar surface area (TPSA) is 159 Å². The van der Waals surface area contributed by atoms with Gasteiger partial charge in [0.2, 0.25) is 0 Å². The maximum atomic E-state index is 12.4. The highest BCUT2D eigenvalue weighted by molar-refractivity contribution is 8.03. The van der Waals surface area contributed by atoms with Gasteiger partial charge in [-0.1, -0.05) is 13.0 Å². The molecule has 0 aliphatic rings. The highest BCUT2D eigenvalue weighted by atomic mass is 32.2. The molecule has 0 radical (unpaired) electrons. The number of nitrogens with zero attached hydrogens (tertiary/aromatic N) is 3. The summed E-state index contributed by atoms with van der Waals surface area (Å²) in [5.41, 5.74) is -2.58. The monoisotopic (exact) mass is 521 g/mol. The lowest BCUT2D eigenvalue weighted by molar-refractivity contribution is -0.144. The molecule has 192 valence electrons. The molecule has 0 fully saturated rings. The second kappa shape index (κ2) is 15.6. The zero-order valence-corrected chi connectivity index (χ0v) is 20.8. The molecule has 2 unspecified atom stereocenters. The molecule has 0 aliphatic carbocycles. The number of hydrogen-bond donors (Lipinski definition) is 2. The van der Waals surface area contributed by atoms with Crippen LogP contribution in [-0.2, 0) is 39.2 Å². The summed E-state index contributed by atoms with van der Waals surface area (Å²) in [6, 6.07) is 0. The first kappa shape index (κ1) is 29.7. The minimum atomic E-state index is -1.33. The number of hydrogen-bond acceptors (Lipinski definition) is 11. The number of allylic oxidation sites excluding steroid dienone is 1. The van der Waals surface area contributed by atoms with Crippen molar-refractivity contribution in [1.29, 1.82) is 0 Å². The molecule has 1 aromatic rings. The highest BCUT2D eigenvalue weighted by Gasteiger charge is 2.17. The first-order valence-corrected chi connectivity index (χ1v) is 12.8. The number of ether oxygens (including phenoxy) is 2. The van der Waals surface area contributed by atoms with Crippen LogP contribution >= 0.6 is 23.5 Å². The first-order chi connectivity index (χ1) is 16.1. The Kier molecular flexibility index (Phi) is 13.6. The van der Waals surface area contributed by atoms with Gasteiger partial charge in [-0.2, -0.15) is 0 Å². The number of aliphatic hydroxyl groups is 2. The van der Waals surface area contributed by atoms with Crippen LogP contribution in [0.3, 0.4) is 0 Å². The molecule has 1 aromatic heterocycles. The molecule has 34 heavy (non-hydrogen) atoms. The molecule has 1 heterocycles. The third-order valence-corrected chi connectivity index (χ3v) is 6.48. The Morgan fingerprint density at radius 2 is 1.44 bits per heavy atom. The van der Waals surface area contributed by atoms with Crippen molar-refractivity contribution in [2.24, 2.45) is 7.05 Å². The van der Waals surface area contributed by atoms with E-state index in [-0.39, 0.29) is 24.7 Å². The molecule has 0 saturated carbocycles. The fraction of sp³-hybridized carbons (Fsp3) is 0.650. The summed E-state index contributed by atoms with van der Waals surface area (Å²) in [7, 11) is 1.21. The van der Waals surface area contributed by atoms with Gasteiger partial charge in [-0.25, -0.2) is 28.1 Å². The van der Waals surface area contributed by atoms with Crippen molar-refractivity contribution in [3.05, 3.63) is 44.1 Å². The molecule has 0 aliphatic heterocycles. The molecule has 1 rings (SSSR count). The third-order valence-electron chi connectivity index (χ3n) is 4.36. The minimum absolute atomic E-state index is 0.0202. The van der Waals surface area contributed by atoms with Gasteiger partial charge in [0.1, 0.15) is 19.3 Å². The zero-order chi connectivity index (χ0) is 25.7. The van der Waals surface area contributed by atoms with Crippen LogP contribution in [-0.4, -0.2) is 84.3 Å². The highest BCUT2D eigenvalue weighted by Crippen LogP contribution is 2.08. The SMILES string of the molecule is C=CCn1c(=O)n(C)c(=O)n(CC(O)COC(=O)CSCCSCC(=O)OCC(O)CC)c1=O. The minimum Gasteiger partial charge on any atom is -0.462 e. The quantitative estimate of drug-likeness (QED) is 0.149. The van der Waals surface area contributed by atoms with Crippen LogP contribution < -0.4 is 17.1 Å². The smallest absolute Gasteiger partial charge is 0.336 e. The Balaban J connectivity index is 2.36. The molecule has 0 bridgehead atoms. The van der Waals surface area contributed by atoms with Crippen LogP contribution in [0.4, 0.5) is 0 Å². The fourth-order valence-corrected chi connectivity index (χ4v) is 4.20. The second-order valence-electron chi connectivity index (χ2n) is 7.10. The van der Waals surface area contributed by atoms with Crippen molar-refractivity contribution in [3.63, 3.8) is 0 Å². The Hall–Kier alpha value is -2.29. The molecule has 0 saturated heterocycles. The molecular weight excluding hydrogens is 490 g/mol. The largest absolute Gasteiger partial charge is 0.462 e. The van der Waals surface area contributed by atoms with Gasteiger partial charge in [0.05, 0.1) is 30.7 Å². The van der Waals surface area contributed by atoms with Gasteiger partial charge in [-0.3, -0.25) is 9.59 Å². The Morgan fingerprint density at radius 3 is 1.94 bits per heavy atom. The summed E-state index contributed by atoms with van der Waals surface area (Å²) < 4.78 is 12.1. The predicted molar refractivity (Wildman–Crippen MR) is 129 cm³/mol. The van der Waals surface area contributed by atoms with E-state index in [1.807, 2.05) is 0 Å². The van der Waals surface area contributed by atoms with Crippen molar-refractivity contribution >= 4 is 35.5 Å². The average Bonchev–Trinajstić information content (AvgIpc) is 2.82. The summed E-state index contributed by atoms with van der Waals surface area (Å²) in [6.07, 6.45) is -0.156. The number of esters is 2. The second-order valence-corrected chi connectivity index (χ2v) is 9.31. The maximum Gasteiger partial charge on any atom is 0.336 e. The van der Waals surface area contributed by atoms with Crippen molar-refractivity contribution in [2.75, 3.05) is 36.2 Å². The van der Waals surface area contributed by atoms with E-state index in [0.717, 1.165) is 9.13 Å². The van der Waals surface area contributed by atoms with Crippen LogP contribution in [0.25, 0.3) is 0 Å². The van der Waals surface area contributed by atoms with Crippen LogP contribution in [0.15, 0.2) is 27.0 Å². The number of aliphatic hydroxyl groups excluding tert-OH is 2. The summed E-state index contributed by atoms with van der Waals surface area (Å²) >= 11 is 2.62. The van der Waals surface area contributed by atoms with E-state index in [1.165, 1.54) is 36.6 Å². The van der Waals surface area contributed by atoms with Gasteiger partial charge < -0.3 is 19.7 Å². The third kappa shape index (κ3) is 9.91. The van der Waals surface area contributed by atoms with Gasteiger partial charge in [-0.15, -0.1) is 30.1 Å². The maximum absolute atomic E-state index is 12.4. The molecule has 2 N–H and O–H groups in total. The summed E-state index contributed by atoms with van der Waals surface area (Å²) in [5, 5.41) is 19.4. The van der Waals surface area contributed by atoms with E-state index < -0.39 is 54.4 Å². The molecule has 14 heteroatoms. The lowest BCUT2D eigenvalue weighted by atomic mass is 10.3. The van der Waals surface area contributed by atoms with Crippen molar-refractivity contribution in [2.45, 2.75) is 38.6 Å².